The summed E-state index contributed by atoms with van der Waals surface area (Å²) in [6.07, 6.45) is 0. The van der Waals surface area contributed by atoms with E-state index in [1.54, 1.807) is 36.1 Å². The average molecular weight is 466 g/mol. The standard InChI is InChI=1S/C25H21F2N3O2S/c1-15-21(24(31)28-19-13-6-7-14-20(19)32-2)23(22-17(26)11-8-12-18(22)27)29-25(33)30(15)16-9-4-3-5-10-16/h3-14,23H,1-2H3,(H,28,31)(H,29,33). The predicted octanol–water partition coefficient (Wildman–Crippen LogP) is 5.32. The summed E-state index contributed by atoms with van der Waals surface area (Å²) in [5, 5.41) is 6.00. The molecule has 1 unspecified atom stereocenters. The molecule has 4 rings (SSSR count). The number of carbonyl (C=O) groups excluding carboxylic acids is 1. The molecule has 0 bridgehead atoms. The molecule has 1 atom stereocenters. The van der Waals surface area contributed by atoms with E-state index in [4.69, 9.17) is 17.0 Å². The molecule has 0 fully saturated rings. The molecule has 0 aromatic heterocycles. The van der Waals surface area contributed by atoms with Gasteiger partial charge in [0.2, 0.25) is 0 Å². The Hall–Kier alpha value is -3.78. The Morgan fingerprint density at radius 1 is 1.00 bits per heavy atom. The van der Waals surface area contributed by atoms with Gasteiger partial charge in [0.05, 0.1) is 30.0 Å². The number of methoxy groups -OCH3 is 1. The van der Waals surface area contributed by atoms with Crippen molar-refractivity contribution >= 4 is 34.6 Å². The lowest BCUT2D eigenvalue weighted by Crippen LogP contribution is -2.49. The lowest BCUT2D eigenvalue weighted by Gasteiger charge is -2.38. The largest absolute Gasteiger partial charge is 0.495 e. The number of nitrogens with one attached hydrogen (secondary N) is 2. The van der Waals surface area contributed by atoms with Crippen LogP contribution in [0.5, 0.6) is 5.75 Å². The fourth-order valence-electron chi connectivity index (χ4n) is 3.87. The van der Waals surface area contributed by atoms with Gasteiger partial charge in [-0.05, 0) is 55.5 Å². The second-order valence-electron chi connectivity index (χ2n) is 7.34. The summed E-state index contributed by atoms with van der Waals surface area (Å²) in [6, 6.07) is 18.5. The molecule has 0 saturated carbocycles. The number of amides is 1. The fourth-order valence-corrected chi connectivity index (χ4v) is 4.23. The monoisotopic (exact) mass is 465 g/mol. The number of hydrogen-bond acceptors (Lipinski definition) is 3. The number of halogens is 2. The molecule has 33 heavy (non-hydrogen) atoms. The van der Waals surface area contributed by atoms with E-state index in [2.05, 4.69) is 10.6 Å². The van der Waals surface area contributed by atoms with Crippen molar-refractivity contribution in [2.24, 2.45) is 0 Å². The number of para-hydroxylation sites is 3. The van der Waals surface area contributed by atoms with Crippen LogP contribution in [0.1, 0.15) is 18.5 Å². The van der Waals surface area contributed by atoms with E-state index in [0.717, 1.165) is 12.1 Å². The van der Waals surface area contributed by atoms with E-state index in [9.17, 15) is 13.6 Å². The minimum absolute atomic E-state index is 0.127. The highest BCUT2D eigenvalue weighted by Crippen LogP contribution is 2.36. The van der Waals surface area contributed by atoms with Gasteiger partial charge in [-0.25, -0.2) is 8.78 Å². The van der Waals surface area contributed by atoms with Gasteiger partial charge in [-0.2, -0.15) is 0 Å². The number of rotatable bonds is 5. The number of carbonyl (C=O) groups is 1. The van der Waals surface area contributed by atoms with E-state index in [-0.39, 0.29) is 16.2 Å². The predicted molar refractivity (Wildman–Crippen MR) is 128 cm³/mol. The maximum atomic E-state index is 14.8. The Labute approximate surface area is 195 Å². The zero-order chi connectivity index (χ0) is 23.5. The van der Waals surface area contributed by atoms with Gasteiger partial charge in [-0.15, -0.1) is 0 Å². The molecule has 5 nitrogen and oxygen atoms in total. The highest BCUT2D eigenvalue weighted by atomic mass is 32.1. The molecule has 1 aliphatic heterocycles. The third kappa shape index (κ3) is 4.29. The summed E-state index contributed by atoms with van der Waals surface area (Å²) >= 11 is 5.54. The quantitative estimate of drug-likeness (QED) is 0.500. The number of allylic oxidation sites excluding steroid dienone is 1. The molecule has 1 aliphatic rings. The van der Waals surface area contributed by atoms with Crippen molar-refractivity contribution in [3.05, 3.63) is 101 Å². The van der Waals surface area contributed by atoms with Crippen LogP contribution in [0.3, 0.4) is 0 Å². The van der Waals surface area contributed by atoms with Gasteiger partial charge in [0.25, 0.3) is 5.91 Å². The normalized spacial score (nSPS) is 15.8. The molecular weight excluding hydrogens is 444 g/mol. The molecule has 2 N–H and O–H groups in total. The summed E-state index contributed by atoms with van der Waals surface area (Å²) in [6.45, 7) is 1.70. The highest BCUT2D eigenvalue weighted by molar-refractivity contribution is 7.80. The first-order valence-electron chi connectivity index (χ1n) is 10.2. The molecule has 0 saturated heterocycles. The van der Waals surface area contributed by atoms with Crippen molar-refractivity contribution < 1.29 is 18.3 Å². The van der Waals surface area contributed by atoms with Crippen molar-refractivity contribution in [1.82, 2.24) is 5.32 Å². The fraction of sp³-hybridized carbons (Fsp3) is 0.120. The molecule has 1 heterocycles. The lowest BCUT2D eigenvalue weighted by atomic mass is 9.93. The summed E-state index contributed by atoms with van der Waals surface area (Å²) in [7, 11) is 1.49. The van der Waals surface area contributed by atoms with Gasteiger partial charge in [-0.1, -0.05) is 36.4 Å². The van der Waals surface area contributed by atoms with Crippen molar-refractivity contribution in [3.8, 4) is 5.75 Å². The van der Waals surface area contributed by atoms with Crippen LogP contribution in [0.25, 0.3) is 0 Å². The third-order valence-electron chi connectivity index (χ3n) is 5.39. The number of anilines is 2. The SMILES string of the molecule is COc1ccccc1NC(=O)C1=C(C)N(c2ccccc2)C(=S)NC1c1c(F)cccc1F. The molecule has 0 spiro atoms. The number of hydrogen-bond donors (Lipinski definition) is 2. The molecule has 0 radical (unpaired) electrons. The molecule has 0 aliphatic carbocycles. The average Bonchev–Trinajstić information content (AvgIpc) is 2.80. The lowest BCUT2D eigenvalue weighted by molar-refractivity contribution is -0.113. The van der Waals surface area contributed by atoms with Crippen molar-refractivity contribution in [3.63, 3.8) is 0 Å². The zero-order valence-corrected chi connectivity index (χ0v) is 18.7. The number of nitrogens with zero attached hydrogens (tertiary/aromatic N) is 1. The van der Waals surface area contributed by atoms with Crippen LogP contribution in [0.2, 0.25) is 0 Å². The topological polar surface area (TPSA) is 53.6 Å². The van der Waals surface area contributed by atoms with Crippen LogP contribution >= 0.6 is 12.2 Å². The molecule has 168 valence electrons. The van der Waals surface area contributed by atoms with E-state index >= 15 is 0 Å². The summed E-state index contributed by atoms with van der Waals surface area (Å²) in [5.74, 6) is -1.64. The number of ether oxygens (including phenoxy) is 1. The van der Waals surface area contributed by atoms with Crippen LogP contribution in [0.4, 0.5) is 20.2 Å². The second-order valence-corrected chi connectivity index (χ2v) is 7.73. The van der Waals surface area contributed by atoms with E-state index in [1.165, 1.54) is 13.2 Å². The Balaban J connectivity index is 1.86. The van der Waals surface area contributed by atoms with Gasteiger partial charge >= 0.3 is 0 Å². The summed E-state index contributed by atoms with van der Waals surface area (Å²) < 4.78 is 34.9. The maximum absolute atomic E-state index is 14.8. The Kier molecular flexibility index (Phi) is 6.37. The van der Waals surface area contributed by atoms with Gasteiger partial charge < -0.3 is 15.4 Å². The molecule has 1 amide bonds. The first-order chi connectivity index (χ1) is 15.9. The first-order valence-corrected chi connectivity index (χ1v) is 10.6. The smallest absolute Gasteiger partial charge is 0.255 e. The van der Waals surface area contributed by atoms with Crippen LogP contribution in [0.15, 0.2) is 84.1 Å². The van der Waals surface area contributed by atoms with E-state index in [0.29, 0.717) is 22.8 Å². The van der Waals surface area contributed by atoms with Crippen molar-refractivity contribution in [2.45, 2.75) is 13.0 Å². The molecule has 3 aromatic carbocycles. The molecule has 3 aromatic rings. The van der Waals surface area contributed by atoms with Gasteiger partial charge in [-0.3, -0.25) is 9.69 Å². The number of benzene rings is 3. The highest BCUT2D eigenvalue weighted by Gasteiger charge is 2.37. The van der Waals surface area contributed by atoms with Crippen LogP contribution in [0, 0.1) is 11.6 Å². The van der Waals surface area contributed by atoms with E-state index in [1.807, 2.05) is 30.3 Å². The van der Waals surface area contributed by atoms with Crippen LogP contribution in [-0.4, -0.2) is 18.1 Å². The minimum atomic E-state index is -1.13. The Morgan fingerprint density at radius 2 is 1.64 bits per heavy atom. The Morgan fingerprint density at radius 3 is 2.30 bits per heavy atom. The maximum Gasteiger partial charge on any atom is 0.255 e. The van der Waals surface area contributed by atoms with Crippen LogP contribution in [-0.2, 0) is 4.79 Å². The second kappa shape index (κ2) is 9.38. The van der Waals surface area contributed by atoms with Gasteiger partial charge in [0.1, 0.15) is 17.4 Å². The summed E-state index contributed by atoms with van der Waals surface area (Å²) in [4.78, 5) is 15.2. The summed E-state index contributed by atoms with van der Waals surface area (Å²) in [5.41, 5.74) is 1.43. The van der Waals surface area contributed by atoms with Crippen molar-refractivity contribution in [2.75, 3.05) is 17.3 Å². The first kappa shape index (κ1) is 22.4. The molecule has 8 heteroatoms. The van der Waals surface area contributed by atoms with Gasteiger partial charge in [0, 0.05) is 11.4 Å². The zero-order valence-electron chi connectivity index (χ0n) is 17.9. The van der Waals surface area contributed by atoms with Crippen molar-refractivity contribution in [1.29, 1.82) is 0 Å². The minimum Gasteiger partial charge on any atom is -0.495 e. The van der Waals surface area contributed by atoms with E-state index < -0.39 is 23.6 Å². The molecular formula is C25H21F2N3O2S. The van der Waals surface area contributed by atoms with Gasteiger partial charge in [0.15, 0.2) is 5.11 Å². The number of thiocarbonyl (C=S) groups is 1. The third-order valence-corrected chi connectivity index (χ3v) is 5.69. The Bertz CT molecular complexity index is 1230. The van der Waals surface area contributed by atoms with Crippen LogP contribution < -0.4 is 20.3 Å².